The van der Waals surface area contributed by atoms with Crippen molar-refractivity contribution in [3.05, 3.63) is 0 Å². The summed E-state index contributed by atoms with van der Waals surface area (Å²) in [6, 6.07) is 0. The van der Waals surface area contributed by atoms with Crippen LogP contribution in [-0.2, 0) is 0 Å². The predicted molar refractivity (Wildman–Crippen MR) is 32.5 cm³/mol. The van der Waals surface area contributed by atoms with E-state index in [-0.39, 0.29) is 17.5 Å². The second kappa shape index (κ2) is 7.30. The SMILES string of the molecule is CNNNN[I-]I. The monoisotopic (exact) mass is 329 g/mol. The van der Waals surface area contributed by atoms with Gasteiger partial charge in [0.05, 0.1) is 0 Å². The fraction of sp³-hybridized carbons (Fsp3) is 1.00. The molecule has 4 N–H and O–H groups in total. The summed E-state index contributed by atoms with van der Waals surface area (Å²) in [6.45, 7) is 0. The van der Waals surface area contributed by atoms with Crippen LogP contribution in [0.2, 0.25) is 0 Å². The van der Waals surface area contributed by atoms with Crippen molar-refractivity contribution in [3.63, 3.8) is 0 Å². The van der Waals surface area contributed by atoms with Crippen molar-refractivity contribution in [2.75, 3.05) is 7.05 Å². The Morgan fingerprint density at radius 2 is 2.14 bits per heavy atom. The van der Waals surface area contributed by atoms with Crippen molar-refractivity contribution in [3.8, 4) is 0 Å². The number of hydrogen-bond acceptors (Lipinski definition) is 4. The zero-order valence-corrected chi connectivity index (χ0v) is 8.07. The first kappa shape index (κ1) is 8.30. The summed E-state index contributed by atoms with van der Waals surface area (Å²) in [4.78, 5) is 0. The number of nitrogens with one attached hydrogen (secondary N) is 4. The molecule has 7 heavy (non-hydrogen) atoms. The van der Waals surface area contributed by atoms with Gasteiger partial charge in [0, 0.05) is 0 Å². The van der Waals surface area contributed by atoms with E-state index in [9.17, 15) is 0 Å². The topological polar surface area (TPSA) is 48.1 Å². The van der Waals surface area contributed by atoms with Crippen LogP contribution in [0.25, 0.3) is 0 Å². The van der Waals surface area contributed by atoms with Crippen LogP contribution in [-0.4, -0.2) is 7.05 Å². The molecule has 0 aromatic rings. The fourth-order valence-corrected chi connectivity index (χ4v) is 1.02. The normalized spacial score (nSPS) is 10.0. The molecule has 0 bridgehead atoms. The molecule has 0 aliphatic carbocycles. The first-order chi connectivity index (χ1) is 3.41. The summed E-state index contributed by atoms with van der Waals surface area (Å²) >= 11 is 2.40. The molecule has 0 aliphatic rings. The molecule has 0 amide bonds. The van der Waals surface area contributed by atoms with Gasteiger partial charge in [0.15, 0.2) is 0 Å². The van der Waals surface area contributed by atoms with E-state index in [4.69, 9.17) is 0 Å². The van der Waals surface area contributed by atoms with Gasteiger partial charge in [-0.2, -0.15) is 0 Å². The van der Waals surface area contributed by atoms with Crippen LogP contribution in [0.4, 0.5) is 0 Å². The molecule has 0 saturated heterocycles. The summed E-state index contributed by atoms with van der Waals surface area (Å²) in [5.74, 6) is 0. The molecule has 0 aromatic carbocycles. The van der Waals surface area contributed by atoms with Crippen molar-refractivity contribution < 1.29 is 17.5 Å². The second-order valence-electron chi connectivity index (χ2n) is 0.666. The Labute approximate surface area is 62.9 Å². The van der Waals surface area contributed by atoms with Crippen LogP contribution in [0.5, 0.6) is 0 Å². The van der Waals surface area contributed by atoms with E-state index in [2.05, 4.69) is 38.8 Å². The third kappa shape index (κ3) is 7.30. The van der Waals surface area contributed by atoms with Gasteiger partial charge in [-0.25, -0.2) is 0 Å². The molecule has 0 spiro atoms. The second-order valence-corrected chi connectivity index (χ2v) is 4.35. The van der Waals surface area contributed by atoms with Crippen molar-refractivity contribution in [2.24, 2.45) is 0 Å². The molecule has 0 aromatic heterocycles. The first-order valence-corrected chi connectivity index (χ1v) is 8.95. The van der Waals surface area contributed by atoms with E-state index >= 15 is 0 Å². The average Bonchev–Trinajstić information content (AvgIpc) is 1.69. The van der Waals surface area contributed by atoms with E-state index in [1.807, 2.05) is 0 Å². The van der Waals surface area contributed by atoms with Crippen LogP contribution in [0.3, 0.4) is 0 Å². The minimum absolute atomic E-state index is 0.101. The zero-order chi connectivity index (χ0) is 5.54. The van der Waals surface area contributed by atoms with Crippen LogP contribution in [0.15, 0.2) is 0 Å². The summed E-state index contributed by atoms with van der Waals surface area (Å²) < 4.78 is 2.92. The Balaban J connectivity index is 2.45. The van der Waals surface area contributed by atoms with Crippen LogP contribution in [0, 0.1) is 0 Å². The molecule has 46 valence electrons. The van der Waals surface area contributed by atoms with Crippen molar-refractivity contribution >= 4 is 18.6 Å². The maximum absolute atomic E-state index is 2.92. The van der Waals surface area contributed by atoms with Gasteiger partial charge in [-0.1, -0.05) is 0 Å². The predicted octanol–water partition coefficient (Wildman–Crippen LogP) is -3.93. The molecule has 6 heteroatoms. The molecule has 4 nitrogen and oxygen atoms in total. The zero-order valence-electron chi connectivity index (χ0n) is 3.76. The third-order valence-corrected chi connectivity index (χ3v) is 2.11. The summed E-state index contributed by atoms with van der Waals surface area (Å²) in [7, 11) is 1.79. The van der Waals surface area contributed by atoms with Crippen LogP contribution in [0.1, 0.15) is 0 Å². The Bertz CT molecular complexity index is 28.9. The summed E-state index contributed by atoms with van der Waals surface area (Å²) in [5.41, 5.74) is 8.07. The van der Waals surface area contributed by atoms with Crippen LogP contribution < -0.4 is 37.6 Å². The van der Waals surface area contributed by atoms with Gasteiger partial charge in [0.1, 0.15) is 0 Å². The molecule has 0 fully saturated rings. The van der Waals surface area contributed by atoms with Crippen molar-refractivity contribution in [1.29, 1.82) is 0 Å². The fourth-order valence-electron chi connectivity index (χ4n) is 0.104. The molecule has 0 heterocycles. The average molecular weight is 329 g/mol. The number of hydrogen-bond donors (Lipinski definition) is 4. The Kier molecular flexibility index (Phi) is 8.66. The number of halogens is 2. The van der Waals surface area contributed by atoms with E-state index in [1.54, 1.807) is 7.05 Å². The van der Waals surface area contributed by atoms with E-state index in [0.29, 0.717) is 0 Å². The van der Waals surface area contributed by atoms with Crippen molar-refractivity contribution in [1.82, 2.24) is 20.1 Å². The summed E-state index contributed by atoms with van der Waals surface area (Å²) in [5, 5.41) is 0. The summed E-state index contributed by atoms with van der Waals surface area (Å²) in [6.07, 6.45) is 0. The van der Waals surface area contributed by atoms with E-state index in [0.717, 1.165) is 0 Å². The van der Waals surface area contributed by atoms with Gasteiger partial charge < -0.3 is 0 Å². The molecule has 0 rings (SSSR count). The minimum atomic E-state index is 0.101. The quantitative estimate of drug-likeness (QED) is 0.184. The third-order valence-electron chi connectivity index (χ3n) is 0.270. The van der Waals surface area contributed by atoms with E-state index in [1.165, 1.54) is 0 Å². The number of rotatable bonds is 4. The van der Waals surface area contributed by atoms with Gasteiger partial charge in [0.2, 0.25) is 0 Å². The van der Waals surface area contributed by atoms with Crippen molar-refractivity contribution in [2.45, 2.75) is 0 Å². The van der Waals surface area contributed by atoms with Gasteiger partial charge in [-0.3, -0.25) is 0 Å². The van der Waals surface area contributed by atoms with Gasteiger partial charge in [0.25, 0.3) is 0 Å². The van der Waals surface area contributed by atoms with E-state index < -0.39 is 0 Å². The molecule has 0 saturated carbocycles. The molecule has 0 aliphatic heterocycles. The Morgan fingerprint density at radius 1 is 1.43 bits per heavy atom. The standard InChI is InChI=1S/CH7I2N4/c1-4-6-7-5-3-2/h4-7H,1H3/q-1. The van der Waals surface area contributed by atoms with Gasteiger partial charge in [-0.05, 0) is 0 Å². The van der Waals surface area contributed by atoms with Crippen LogP contribution >= 0.6 is 18.6 Å². The van der Waals surface area contributed by atoms with Gasteiger partial charge >= 0.3 is 63.3 Å². The Morgan fingerprint density at radius 3 is 2.57 bits per heavy atom. The molecule has 0 unspecified atom stereocenters. The molecular formula is CH7I2N4-. The molecule has 0 atom stereocenters. The first-order valence-electron chi connectivity index (χ1n) is 1.58. The Hall–Kier alpha value is 1.30. The molecular weight excluding hydrogens is 322 g/mol. The van der Waals surface area contributed by atoms with Gasteiger partial charge in [-0.15, -0.1) is 0 Å². The molecule has 0 radical (unpaired) electrons. The number of hydrazine groups is 3. The maximum atomic E-state index is 2.92.